The van der Waals surface area contributed by atoms with Crippen molar-refractivity contribution in [3.63, 3.8) is 0 Å². The van der Waals surface area contributed by atoms with Gasteiger partial charge in [0.2, 0.25) is 12.0 Å². The molecule has 0 bridgehead atoms. The zero-order valence-corrected chi connectivity index (χ0v) is 16.1. The molecule has 0 aliphatic rings. The highest BCUT2D eigenvalue weighted by Gasteiger charge is 2.29. The summed E-state index contributed by atoms with van der Waals surface area (Å²) in [5, 5.41) is 0.523. The van der Waals surface area contributed by atoms with E-state index in [-0.39, 0.29) is 22.4 Å². The highest BCUT2D eigenvalue weighted by Crippen LogP contribution is 2.64. The molecular weight excluding hydrogens is 364 g/mol. The second kappa shape index (κ2) is 9.24. The van der Waals surface area contributed by atoms with Gasteiger partial charge in [-0.15, -0.1) is 0 Å². The number of benzene rings is 1. The van der Waals surface area contributed by atoms with Gasteiger partial charge >= 0.3 is 0 Å². The third kappa shape index (κ3) is 5.20. The molecule has 1 rings (SSSR count). The summed E-state index contributed by atoms with van der Waals surface area (Å²) in [6.45, 7) is 6.31. The first-order valence-corrected chi connectivity index (χ1v) is 11.5. The second-order valence-electron chi connectivity index (χ2n) is 4.61. The van der Waals surface area contributed by atoms with E-state index in [1.165, 1.54) is 28.2 Å². The Bertz CT molecular complexity index is 541. The van der Waals surface area contributed by atoms with Crippen LogP contribution in [0.5, 0.6) is 0 Å². The zero-order valence-electron chi connectivity index (χ0n) is 12.8. The minimum Gasteiger partial charge on any atom is -0.327 e. The van der Waals surface area contributed by atoms with Gasteiger partial charge in [0.15, 0.2) is 0 Å². The smallest absolute Gasteiger partial charge is 0.216 e. The quantitative estimate of drug-likeness (QED) is 0.431. The number of carbonyl (C=O) groups excluding carboxylic acids is 1. The van der Waals surface area contributed by atoms with Crippen LogP contribution in [0.3, 0.4) is 0 Å². The molecule has 0 saturated carbocycles. The fourth-order valence-corrected chi connectivity index (χ4v) is 8.46. The van der Waals surface area contributed by atoms with Gasteiger partial charge in [-0.1, -0.05) is 42.9 Å². The SMILES string of the molecule is CCOP(=S)(SC(C)CC)N(C=O)Cc1c(F)cccc1Cl. The number of hydrogen-bond acceptors (Lipinski definition) is 4. The lowest BCUT2D eigenvalue weighted by molar-refractivity contribution is -0.114. The summed E-state index contributed by atoms with van der Waals surface area (Å²) < 4.78 is 21.1. The molecule has 3 nitrogen and oxygen atoms in total. The maximum absolute atomic E-state index is 14.0. The molecule has 1 amide bonds. The van der Waals surface area contributed by atoms with Crippen LogP contribution in [0.15, 0.2) is 18.2 Å². The highest BCUT2D eigenvalue weighted by molar-refractivity contribution is 8.69. The second-order valence-corrected chi connectivity index (χ2v) is 12.0. The van der Waals surface area contributed by atoms with E-state index in [1.54, 1.807) is 6.07 Å². The number of amides is 1. The van der Waals surface area contributed by atoms with Crippen molar-refractivity contribution in [1.29, 1.82) is 0 Å². The Morgan fingerprint density at radius 3 is 2.73 bits per heavy atom. The summed E-state index contributed by atoms with van der Waals surface area (Å²) in [6, 6.07) is 4.43. The fourth-order valence-electron chi connectivity index (χ4n) is 1.66. The first-order chi connectivity index (χ1) is 10.4. The van der Waals surface area contributed by atoms with E-state index < -0.39 is 11.4 Å². The third-order valence-corrected chi connectivity index (χ3v) is 10.3. The van der Waals surface area contributed by atoms with Crippen molar-refractivity contribution in [2.24, 2.45) is 0 Å². The van der Waals surface area contributed by atoms with Crippen molar-refractivity contribution in [2.75, 3.05) is 6.61 Å². The molecule has 22 heavy (non-hydrogen) atoms. The molecule has 0 aromatic heterocycles. The van der Waals surface area contributed by atoms with E-state index in [0.29, 0.717) is 13.0 Å². The van der Waals surface area contributed by atoms with Crippen molar-refractivity contribution in [2.45, 2.75) is 39.0 Å². The Hall–Kier alpha value is -0.130. The van der Waals surface area contributed by atoms with E-state index in [4.69, 9.17) is 27.9 Å². The molecule has 0 fully saturated rings. The lowest BCUT2D eigenvalue weighted by Gasteiger charge is -2.32. The number of nitrogens with zero attached hydrogens (tertiary/aromatic N) is 1. The van der Waals surface area contributed by atoms with Crippen molar-refractivity contribution in [3.05, 3.63) is 34.6 Å². The van der Waals surface area contributed by atoms with E-state index in [2.05, 4.69) is 0 Å². The summed E-state index contributed by atoms with van der Waals surface area (Å²) in [4.78, 5) is 11.6. The lowest BCUT2D eigenvalue weighted by Crippen LogP contribution is -2.20. The van der Waals surface area contributed by atoms with E-state index in [9.17, 15) is 9.18 Å². The van der Waals surface area contributed by atoms with Gasteiger partial charge in [0.05, 0.1) is 13.2 Å². The van der Waals surface area contributed by atoms with Gasteiger partial charge in [-0.25, -0.2) is 4.39 Å². The molecule has 0 heterocycles. The van der Waals surface area contributed by atoms with Crippen LogP contribution in [0.4, 0.5) is 4.39 Å². The largest absolute Gasteiger partial charge is 0.327 e. The first kappa shape index (κ1) is 19.9. The predicted octanol–water partition coefficient (Wildman–Crippen LogP) is 5.23. The minimum atomic E-state index is -2.62. The van der Waals surface area contributed by atoms with Gasteiger partial charge in [-0.2, -0.15) is 0 Å². The van der Waals surface area contributed by atoms with Crippen LogP contribution in [0.2, 0.25) is 5.02 Å². The molecular formula is C14H20ClFNO2PS2. The lowest BCUT2D eigenvalue weighted by atomic mass is 10.2. The molecule has 2 atom stereocenters. The van der Waals surface area contributed by atoms with Crippen LogP contribution in [0, 0.1) is 5.82 Å². The average molecular weight is 384 g/mol. The van der Waals surface area contributed by atoms with Gasteiger partial charge < -0.3 is 4.52 Å². The zero-order chi connectivity index (χ0) is 16.8. The molecule has 1 aromatic rings. The van der Waals surface area contributed by atoms with Crippen LogP contribution >= 0.6 is 28.6 Å². The molecule has 0 spiro atoms. The average Bonchev–Trinajstić information content (AvgIpc) is 2.46. The van der Waals surface area contributed by atoms with Crippen LogP contribution in [-0.4, -0.2) is 22.9 Å². The predicted molar refractivity (Wildman–Crippen MR) is 96.3 cm³/mol. The van der Waals surface area contributed by atoms with Crippen LogP contribution in [0.1, 0.15) is 32.8 Å². The standard InChI is InChI=1S/C14H20ClFNO2PS2/c1-4-11(3)22-20(21,19-5-2)17(10-18)9-12-13(15)7-6-8-14(12)16/h6-8,10-11H,4-5,9H2,1-3H3. The van der Waals surface area contributed by atoms with Crippen molar-refractivity contribution < 1.29 is 13.7 Å². The number of hydrogen-bond donors (Lipinski definition) is 0. The molecule has 8 heteroatoms. The topological polar surface area (TPSA) is 29.5 Å². The van der Waals surface area contributed by atoms with Crippen molar-refractivity contribution in [3.8, 4) is 0 Å². The highest BCUT2D eigenvalue weighted by atomic mass is 35.5. The van der Waals surface area contributed by atoms with Gasteiger partial charge in [-0.3, -0.25) is 9.46 Å². The Labute approximate surface area is 145 Å². The Morgan fingerprint density at radius 1 is 1.55 bits per heavy atom. The van der Waals surface area contributed by atoms with Crippen LogP contribution in [-0.2, 0) is 27.7 Å². The van der Waals surface area contributed by atoms with Gasteiger partial charge in [0.1, 0.15) is 5.82 Å². The fraction of sp³-hybridized carbons (Fsp3) is 0.500. The molecule has 0 radical (unpaired) electrons. The van der Waals surface area contributed by atoms with E-state index in [0.717, 1.165) is 6.42 Å². The molecule has 1 aromatic carbocycles. The number of rotatable bonds is 9. The summed E-state index contributed by atoms with van der Waals surface area (Å²) in [5.41, 5.74) is -2.36. The Balaban J connectivity index is 3.09. The van der Waals surface area contributed by atoms with Crippen LogP contribution in [0.25, 0.3) is 0 Å². The summed E-state index contributed by atoms with van der Waals surface area (Å²) in [6.07, 6.45) is 1.54. The Kier molecular flexibility index (Phi) is 8.36. The summed E-state index contributed by atoms with van der Waals surface area (Å²) >= 11 is 13.1. The van der Waals surface area contributed by atoms with Crippen molar-refractivity contribution in [1.82, 2.24) is 4.67 Å². The van der Waals surface area contributed by atoms with Crippen molar-refractivity contribution >= 4 is 46.8 Å². The molecule has 2 unspecified atom stereocenters. The maximum atomic E-state index is 14.0. The summed E-state index contributed by atoms with van der Waals surface area (Å²) in [5.74, 6) is -0.453. The minimum absolute atomic E-state index is 0.00964. The van der Waals surface area contributed by atoms with Crippen LogP contribution < -0.4 is 0 Å². The Morgan fingerprint density at radius 2 is 2.23 bits per heavy atom. The van der Waals surface area contributed by atoms with E-state index in [1.807, 2.05) is 20.8 Å². The molecule has 0 N–H and O–H groups in total. The first-order valence-electron chi connectivity index (χ1n) is 6.96. The van der Waals surface area contributed by atoms with Gasteiger partial charge in [0.25, 0.3) is 0 Å². The number of carbonyl (C=O) groups is 1. The molecule has 0 saturated heterocycles. The summed E-state index contributed by atoms with van der Waals surface area (Å²) in [7, 11) is 0. The molecule has 124 valence electrons. The monoisotopic (exact) mass is 383 g/mol. The van der Waals surface area contributed by atoms with Gasteiger partial charge in [0, 0.05) is 15.8 Å². The van der Waals surface area contributed by atoms with Gasteiger partial charge in [-0.05, 0) is 37.3 Å². The molecule has 0 aliphatic carbocycles. The normalized spacial score (nSPS) is 15.1. The number of halogens is 2. The maximum Gasteiger partial charge on any atom is 0.216 e. The van der Waals surface area contributed by atoms with E-state index >= 15 is 0 Å². The third-order valence-electron chi connectivity index (χ3n) is 3.00. The molecule has 0 aliphatic heterocycles.